The summed E-state index contributed by atoms with van der Waals surface area (Å²) in [5.74, 6) is 0.972. The number of nitrogens with zero attached hydrogens (tertiary/aromatic N) is 2. The molecule has 1 N–H and O–H groups in total. The molecule has 0 spiro atoms. The van der Waals surface area contributed by atoms with Crippen LogP contribution in [0, 0.1) is 5.92 Å². The highest BCUT2D eigenvalue weighted by Gasteiger charge is 2.39. The first-order valence-electron chi connectivity index (χ1n) is 12.7. The Hall–Kier alpha value is -2.86. The minimum absolute atomic E-state index is 0.138. The predicted octanol–water partition coefficient (Wildman–Crippen LogP) is 5.68. The Kier molecular flexibility index (Phi) is 6.34. The summed E-state index contributed by atoms with van der Waals surface area (Å²) in [6.45, 7) is 7.56. The van der Waals surface area contributed by atoms with E-state index in [9.17, 15) is 4.79 Å². The molecule has 1 saturated heterocycles. The van der Waals surface area contributed by atoms with Gasteiger partial charge in [0.15, 0.2) is 0 Å². The van der Waals surface area contributed by atoms with Crippen molar-refractivity contribution in [3.05, 3.63) is 59.3 Å². The zero-order valence-electron chi connectivity index (χ0n) is 21.2. The molecule has 3 aromatic rings. The van der Waals surface area contributed by atoms with Crippen molar-refractivity contribution >= 4 is 22.9 Å². The van der Waals surface area contributed by atoms with Crippen LogP contribution in [0.15, 0.2) is 42.5 Å². The van der Waals surface area contributed by atoms with Crippen LogP contribution in [-0.4, -0.2) is 54.6 Å². The van der Waals surface area contributed by atoms with Gasteiger partial charge in [-0.05, 0) is 57.7 Å². The number of methoxy groups -OCH3 is 1. The monoisotopic (exact) mass is 477 g/mol. The van der Waals surface area contributed by atoms with Crippen molar-refractivity contribution in [1.29, 1.82) is 0 Å². The van der Waals surface area contributed by atoms with Crippen molar-refractivity contribution in [3.8, 4) is 5.75 Å². The summed E-state index contributed by atoms with van der Waals surface area (Å²) in [6, 6.07) is 14.9. The van der Waals surface area contributed by atoms with Crippen LogP contribution in [0.25, 0.3) is 10.9 Å². The van der Waals surface area contributed by atoms with E-state index in [1.54, 1.807) is 21.0 Å². The number of hydrogen-bond acceptors (Lipinski definition) is 4. The summed E-state index contributed by atoms with van der Waals surface area (Å²) in [6.07, 6.45) is 3.72. The molecule has 0 aliphatic carbocycles. The number of aromatic amines is 1. The summed E-state index contributed by atoms with van der Waals surface area (Å²) in [7, 11) is 1.71. The number of rotatable bonds is 6. The number of benzene rings is 2. The summed E-state index contributed by atoms with van der Waals surface area (Å²) < 4.78 is 21.0. The largest absolute Gasteiger partial charge is 0.496 e. The summed E-state index contributed by atoms with van der Waals surface area (Å²) in [4.78, 5) is 19.5. The molecular weight excluding hydrogens is 441 g/mol. The van der Waals surface area contributed by atoms with Crippen molar-refractivity contribution in [3.63, 3.8) is 0 Å². The first-order chi connectivity index (χ1) is 16.8. The molecule has 1 aromatic heterocycles. The van der Waals surface area contributed by atoms with Crippen molar-refractivity contribution in [1.82, 2.24) is 9.88 Å². The van der Waals surface area contributed by atoms with Crippen molar-refractivity contribution in [2.24, 2.45) is 5.92 Å². The molecule has 6 heteroatoms. The zero-order chi connectivity index (χ0) is 24.7. The van der Waals surface area contributed by atoms with Crippen molar-refractivity contribution < 1.29 is 13.9 Å². The number of fused-ring (bicyclic) bond motifs is 3. The van der Waals surface area contributed by atoms with Gasteiger partial charge in [-0.3, -0.25) is 4.90 Å². The molecule has 3 heterocycles. The van der Waals surface area contributed by atoms with Crippen LogP contribution in [0.1, 0.15) is 56.5 Å². The topological polar surface area (TPSA) is 48.6 Å². The van der Waals surface area contributed by atoms with Gasteiger partial charge in [0, 0.05) is 65.5 Å². The molecule has 2 atom stereocenters. The molecule has 35 heavy (non-hydrogen) atoms. The molecule has 2 aromatic carbocycles. The van der Waals surface area contributed by atoms with Gasteiger partial charge in [-0.25, -0.2) is 4.39 Å². The molecule has 0 radical (unpaired) electrons. The first kappa shape index (κ1) is 23.9. The van der Waals surface area contributed by atoms with E-state index in [1.165, 1.54) is 10.9 Å². The number of para-hydroxylation sites is 1. The molecule has 2 aliphatic rings. The number of alkyl halides is 1. The molecule has 0 bridgehead atoms. The lowest BCUT2D eigenvalue weighted by Crippen LogP contribution is -2.47. The minimum Gasteiger partial charge on any atom is -0.496 e. The molecule has 186 valence electrons. The van der Waals surface area contributed by atoms with Crippen LogP contribution in [-0.2, 0) is 11.2 Å². The highest BCUT2D eigenvalue weighted by atomic mass is 19.1. The third-order valence-corrected chi connectivity index (χ3v) is 7.68. The van der Waals surface area contributed by atoms with E-state index in [0.717, 1.165) is 66.8 Å². The van der Waals surface area contributed by atoms with Crippen LogP contribution in [0.4, 0.5) is 10.1 Å². The fourth-order valence-electron chi connectivity index (χ4n) is 5.94. The van der Waals surface area contributed by atoms with Crippen LogP contribution >= 0.6 is 0 Å². The number of carbonyl (C=O) groups is 1. The van der Waals surface area contributed by atoms with Crippen LogP contribution in [0.5, 0.6) is 5.75 Å². The average molecular weight is 478 g/mol. The normalized spacial score (nSPS) is 21.8. The number of H-pyrrole nitrogens is 1. The van der Waals surface area contributed by atoms with E-state index in [0.29, 0.717) is 6.54 Å². The van der Waals surface area contributed by atoms with E-state index in [2.05, 4.69) is 58.1 Å². The maximum atomic E-state index is 15.1. The summed E-state index contributed by atoms with van der Waals surface area (Å²) in [5, 5.41) is 1.24. The second-order valence-electron chi connectivity index (χ2n) is 10.8. The minimum atomic E-state index is -1.33. The fraction of sp³-hybridized carbons (Fsp3) is 0.483. The van der Waals surface area contributed by atoms with E-state index < -0.39 is 5.67 Å². The van der Waals surface area contributed by atoms with Gasteiger partial charge in [0.25, 0.3) is 0 Å². The molecular formula is C29H36FN3O2. The van der Waals surface area contributed by atoms with E-state index >= 15 is 4.39 Å². The lowest BCUT2D eigenvalue weighted by Gasteiger charge is -2.43. The molecule has 5 rings (SSSR count). The number of ether oxygens (including phenoxy) is 1. The Balaban J connectivity index is 1.59. The van der Waals surface area contributed by atoms with Gasteiger partial charge in [-0.1, -0.05) is 24.3 Å². The van der Waals surface area contributed by atoms with Gasteiger partial charge in [0.05, 0.1) is 13.2 Å². The maximum Gasteiger partial charge on any atom is 0.126 e. The van der Waals surface area contributed by atoms with E-state index in [4.69, 9.17) is 4.74 Å². The summed E-state index contributed by atoms with van der Waals surface area (Å²) in [5.41, 5.74) is 4.38. The average Bonchev–Trinajstić information content (AvgIpc) is 3.21. The third kappa shape index (κ3) is 4.56. The second kappa shape index (κ2) is 9.30. The Bertz CT molecular complexity index is 1210. The Morgan fingerprint density at radius 1 is 1.17 bits per heavy atom. The molecule has 0 amide bonds. The Morgan fingerprint density at radius 2 is 1.91 bits per heavy atom. The van der Waals surface area contributed by atoms with Crippen molar-refractivity contribution in [2.75, 3.05) is 31.6 Å². The lowest BCUT2D eigenvalue weighted by atomic mass is 9.87. The smallest absolute Gasteiger partial charge is 0.126 e. The second-order valence-corrected chi connectivity index (χ2v) is 10.8. The van der Waals surface area contributed by atoms with Gasteiger partial charge < -0.3 is 19.4 Å². The molecule has 0 saturated carbocycles. The highest BCUT2D eigenvalue weighted by Crippen LogP contribution is 2.45. The molecule has 1 fully saturated rings. The van der Waals surface area contributed by atoms with Gasteiger partial charge in [0.1, 0.15) is 17.7 Å². The van der Waals surface area contributed by atoms with Gasteiger partial charge in [-0.2, -0.15) is 0 Å². The first-order valence-corrected chi connectivity index (χ1v) is 12.7. The van der Waals surface area contributed by atoms with E-state index in [-0.39, 0.29) is 18.0 Å². The quantitative estimate of drug-likeness (QED) is 0.465. The third-order valence-electron chi connectivity index (χ3n) is 7.68. The number of hydrogen-bond donors (Lipinski definition) is 1. The summed E-state index contributed by atoms with van der Waals surface area (Å²) >= 11 is 0. The lowest BCUT2D eigenvalue weighted by molar-refractivity contribution is -0.111. The number of piperidine rings is 1. The van der Waals surface area contributed by atoms with Gasteiger partial charge >= 0.3 is 0 Å². The van der Waals surface area contributed by atoms with Gasteiger partial charge in [-0.15, -0.1) is 0 Å². The number of aldehydes is 1. The molecule has 0 unspecified atom stereocenters. The zero-order valence-corrected chi connectivity index (χ0v) is 21.2. The highest BCUT2D eigenvalue weighted by molar-refractivity contribution is 5.85. The number of aromatic nitrogens is 1. The van der Waals surface area contributed by atoms with Crippen LogP contribution < -0.4 is 9.64 Å². The number of carbonyl (C=O) groups excluding carboxylic acids is 1. The SMILES string of the molecule is COc1cc(N2CCC(C=O)CC2)ccc1[C@@H]1c2[nH]c3ccccc3c2C[C@@H](C)N1CC(C)(C)F. The molecule has 2 aliphatic heterocycles. The predicted molar refractivity (Wildman–Crippen MR) is 139 cm³/mol. The van der Waals surface area contributed by atoms with E-state index in [1.807, 2.05) is 6.07 Å². The fourth-order valence-corrected chi connectivity index (χ4v) is 5.94. The van der Waals surface area contributed by atoms with Crippen LogP contribution in [0.2, 0.25) is 0 Å². The number of halogens is 1. The maximum absolute atomic E-state index is 15.1. The van der Waals surface area contributed by atoms with Gasteiger partial charge in [0.2, 0.25) is 0 Å². The van der Waals surface area contributed by atoms with Crippen molar-refractivity contribution in [2.45, 2.75) is 57.8 Å². The standard InChI is InChI=1S/C29H36FN3O2/c1-19-15-24-22-7-5-6-8-25(22)31-27(24)28(33(19)18-29(2,3)30)23-10-9-21(16-26(23)35-4)32-13-11-20(17-34)12-14-32/h5-10,16-17,19-20,28,31H,11-15,18H2,1-4H3/t19-,28-/m1/s1. The molecule has 5 nitrogen and oxygen atoms in total. The number of anilines is 1. The Labute approximate surface area is 207 Å². The Morgan fingerprint density at radius 3 is 2.60 bits per heavy atom. The number of nitrogens with one attached hydrogen (secondary N) is 1. The van der Waals surface area contributed by atoms with Crippen LogP contribution in [0.3, 0.4) is 0 Å².